The van der Waals surface area contributed by atoms with Crippen molar-refractivity contribution >= 4 is 5.97 Å². The van der Waals surface area contributed by atoms with E-state index in [4.69, 9.17) is 4.74 Å². The molecule has 2 nitrogen and oxygen atoms in total. The molecule has 0 spiro atoms. The Labute approximate surface area is 80.3 Å². The summed E-state index contributed by atoms with van der Waals surface area (Å²) in [7, 11) is 0. The first kappa shape index (κ1) is 11.9. The average molecular weight is 182 g/mol. The minimum absolute atomic E-state index is 0.331. The molecule has 0 N–H and O–H groups in total. The van der Waals surface area contributed by atoms with E-state index in [1.54, 1.807) is 0 Å². The Morgan fingerprint density at radius 3 is 2.69 bits per heavy atom. The van der Waals surface area contributed by atoms with Gasteiger partial charge in [0.2, 0.25) is 0 Å². The third-order valence-corrected chi connectivity index (χ3v) is 1.87. The van der Waals surface area contributed by atoms with Gasteiger partial charge in [0.1, 0.15) is 0 Å². The van der Waals surface area contributed by atoms with Crippen molar-refractivity contribution in [1.29, 1.82) is 0 Å². The van der Waals surface area contributed by atoms with Crippen LogP contribution in [0.5, 0.6) is 0 Å². The first-order valence-corrected chi connectivity index (χ1v) is 4.61. The summed E-state index contributed by atoms with van der Waals surface area (Å²) in [5, 5.41) is 0. The van der Waals surface area contributed by atoms with Gasteiger partial charge in [0, 0.05) is 6.08 Å². The normalized spacial score (nSPS) is 11.1. The van der Waals surface area contributed by atoms with Crippen molar-refractivity contribution in [3.05, 3.63) is 24.3 Å². The Kier molecular flexibility index (Phi) is 6.98. The van der Waals surface area contributed by atoms with Crippen molar-refractivity contribution in [3.63, 3.8) is 0 Å². The van der Waals surface area contributed by atoms with Crippen LogP contribution >= 0.6 is 0 Å². The van der Waals surface area contributed by atoms with Crippen LogP contribution in [0.2, 0.25) is 0 Å². The van der Waals surface area contributed by atoms with Crippen LogP contribution in [0.1, 0.15) is 33.1 Å². The molecule has 0 aromatic heterocycles. The molecule has 0 aliphatic rings. The van der Waals surface area contributed by atoms with E-state index in [1.807, 2.05) is 6.92 Å². The molecule has 0 radical (unpaired) electrons. The van der Waals surface area contributed by atoms with E-state index in [0.29, 0.717) is 6.61 Å². The molecular formula is C11H18O2. The molecule has 0 heterocycles. The van der Waals surface area contributed by atoms with E-state index in [0.717, 1.165) is 19.3 Å². The summed E-state index contributed by atoms with van der Waals surface area (Å²) in [4.78, 5) is 10.6. The summed E-state index contributed by atoms with van der Waals surface area (Å²) in [6, 6.07) is 0. The summed E-state index contributed by atoms with van der Waals surface area (Å²) in [6.45, 7) is 7.96. The molecule has 0 bridgehead atoms. The van der Waals surface area contributed by atoms with Gasteiger partial charge in [-0.15, -0.1) is 0 Å². The largest absolute Gasteiger partial charge is 0.463 e. The van der Waals surface area contributed by atoms with E-state index in [1.165, 1.54) is 11.6 Å². The fourth-order valence-electron chi connectivity index (χ4n) is 0.882. The van der Waals surface area contributed by atoms with Crippen LogP contribution in [0, 0.1) is 0 Å². The van der Waals surface area contributed by atoms with Crippen LogP contribution in [0.25, 0.3) is 0 Å². The van der Waals surface area contributed by atoms with Crippen LogP contribution in [-0.2, 0) is 9.53 Å². The highest BCUT2D eigenvalue weighted by atomic mass is 16.5. The van der Waals surface area contributed by atoms with Crippen LogP contribution in [-0.4, -0.2) is 12.6 Å². The summed E-state index contributed by atoms with van der Waals surface area (Å²) >= 11 is 0. The monoisotopic (exact) mass is 182 g/mol. The second-order valence-electron chi connectivity index (χ2n) is 2.96. The fourth-order valence-corrected chi connectivity index (χ4v) is 0.882. The Hall–Kier alpha value is -1.05. The molecule has 0 saturated heterocycles. The molecular weight excluding hydrogens is 164 g/mol. The standard InChI is InChI=1S/C11H18O2/c1-4-10(3)8-6-7-9-13-11(12)5-2/h4-5H,2,6-9H2,1,3H3. The van der Waals surface area contributed by atoms with Gasteiger partial charge in [-0.05, 0) is 33.1 Å². The number of hydrogen-bond donors (Lipinski definition) is 0. The van der Waals surface area contributed by atoms with E-state index in [9.17, 15) is 4.79 Å². The van der Waals surface area contributed by atoms with Gasteiger partial charge >= 0.3 is 5.97 Å². The number of ether oxygens (including phenoxy) is 1. The quantitative estimate of drug-likeness (QED) is 0.273. The maximum atomic E-state index is 10.6. The predicted octanol–water partition coefficient (Wildman–Crippen LogP) is 2.85. The molecule has 0 saturated carbocycles. The molecule has 0 amide bonds. The van der Waals surface area contributed by atoms with Gasteiger partial charge in [-0.1, -0.05) is 18.2 Å². The van der Waals surface area contributed by atoms with Gasteiger partial charge in [-0.3, -0.25) is 0 Å². The Balaban J connectivity index is 3.27. The SMILES string of the molecule is C=CC(=O)OCCCCC(C)=CC. The van der Waals surface area contributed by atoms with Gasteiger partial charge in [0.15, 0.2) is 0 Å². The lowest BCUT2D eigenvalue weighted by molar-refractivity contribution is -0.137. The van der Waals surface area contributed by atoms with E-state index in [-0.39, 0.29) is 5.97 Å². The molecule has 0 fully saturated rings. The van der Waals surface area contributed by atoms with Crippen LogP contribution in [0.15, 0.2) is 24.3 Å². The van der Waals surface area contributed by atoms with Gasteiger partial charge in [-0.25, -0.2) is 4.79 Å². The third-order valence-electron chi connectivity index (χ3n) is 1.87. The van der Waals surface area contributed by atoms with Crippen molar-refractivity contribution < 1.29 is 9.53 Å². The van der Waals surface area contributed by atoms with E-state index < -0.39 is 0 Å². The van der Waals surface area contributed by atoms with Gasteiger partial charge < -0.3 is 4.74 Å². The number of rotatable bonds is 6. The van der Waals surface area contributed by atoms with E-state index in [2.05, 4.69) is 19.6 Å². The smallest absolute Gasteiger partial charge is 0.330 e. The highest BCUT2D eigenvalue weighted by molar-refractivity contribution is 5.81. The highest BCUT2D eigenvalue weighted by Crippen LogP contribution is 2.05. The maximum absolute atomic E-state index is 10.6. The average Bonchev–Trinajstić information content (AvgIpc) is 2.16. The first-order valence-electron chi connectivity index (χ1n) is 4.61. The van der Waals surface area contributed by atoms with Crippen LogP contribution < -0.4 is 0 Å². The number of carbonyl (C=O) groups excluding carboxylic acids is 1. The Morgan fingerprint density at radius 2 is 2.15 bits per heavy atom. The summed E-state index contributed by atoms with van der Waals surface area (Å²) in [5.74, 6) is -0.331. The van der Waals surface area contributed by atoms with E-state index >= 15 is 0 Å². The summed E-state index contributed by atoms with van der Waals surface area (Å²) in [5.41, 5.74) is 1.38. The topological polar surface area (TPSA) is 26.3 Å². The lowest BCUT2D eigenvalue weighted by atomic mass is 10.1. The molecule has 0 atom stereocenters. The zero-order chi connectivity index (χ0) is 10.1. The summed E-state index contributed by atoms with van der Waals surface area (Å²) < 4.78 is 4.83. The molecule has 13 heavy (non-hydrogen) atoms. The summed E-state index contributed by atoms with van der Waals surface area (Å²) in [6.07, 6.45) is 6.38. The third kappa shape index (κ3) is 7.32. The zero-order valence-corrected chi connectivity index (χ0v) is 8.51. The lowest BCUT2D eigenvalue weighted by Gasteiger charge is -2.01. The minimum Gasteiger partial charge on any atom is -0.463 e. The predicted molar refractivity (Wildman–Crippen MR) is 54.4 cm³/mol. The van der Waals surface area contributed by atoms with Crippen molar-refractivity contribution in [2.45, 2.75) is 33.1 Å². The fraction of sp³-hybridized carbons (Fsp3) is 0.545. The van der Waals surface area contributed by atoms with Crippen molar-refractivity contribution in [2.24, 2.45) is 0 Å². The second kappa shape index (κ2) is 7.59. The number of esters is 1. The first-order chi connectivity index (χ1) is 6.20. The van der Waals surface area contributed by atoms with Crippen molar-refractivity contribution in [3.8, 4) is 0 Å². The molecule has 0 aromatic rings. The molecule has 0 rings (SSSR count). The molecule has 0 unspecified atom stereocenters. The second-order valence-corrected chi connectivity index (χ2v) is 2.96. The highest BCUT2D eigenvalue weighted by Gasteiger charge is 1.95. The van der Waals surface area contributed by atoms with Gasteiger partial charge in [0.05, 0.1) is 6.61 Å². The van der Waals surface area contributed by atoms with Gasteiger partial charge in [0.25, 0.3) is 0 Å². The minimum atomic E-state index is -0.331. The maximum Gasteiger partial charge on any atom is 0.330 e. The van der Waals surface area contributed by atoms with Gasteiger partial charge in [-0.2, -0.15) is 0 Å². The number of carbonyl (C=O) groups is 1. The van der Waals surface area contributed by atoms with Crippen molar-refractivity contribution in [1.82, 2.24) is 0 Å². The Bertz CT molecular complexity index is 188. The number of allylic oxidation sites excluding steroid dienone is 2. The van der Waals surface area contributed by atoms with Crippen LogP contribution in [0.4, 0.5) is 0 Å². The lowest BCUT2D eigenvalue weighted by Crippen LogP contribution is -2.01. The molecule has 0 aromatic carbocycles. The van der Waals surface area contributed by atoms with Crippen molar-refractivity contribution in [2.75, 3.05) is 6.61 Å². The Morgan fingerprint density at radius 1 is 1.46 bits per heavy atom. The number of hydrogen-bond acceptors (Lipinski definition) is 2. The number of unbranched alkanes of at least 4 members (excludes halogenated alkanes) is 1. The molecule has 74 valence electrons. The molecule has 0 aliphatic heterocycles. The van der Waals surface area contributed by atoms with Crippen LogP contribution in [0.3, 0.4) is 0 Å². The molecule has 0 aliphatic carbocycles. The zero-order valence-electron chi connectivity index (χ0n) is 8.51. The molecule has 2 heteroatoms.